The second-order valence-corrected chi connectivity index (χ2v) is 3.73. The summed E-state index contributed by atoms with van der Waals surface area (Å²) in [5.41, 5.74) is 8.83. The Balaban J connectivity index is 2.08. The molecule has 0 fully saturated rings. The Morgan fingerprint density at radius 1 is 1.33 bits per heavy atom. The molecule has 0 saturated carbocycles. The van der Waals surface area contributed by atoms with E-state index in [0.29, 0.717) is 11.4 Å². The van der Waals surface area contributed by atoms with Gasteiger partial charge in [-0.15, -0.1) is 0 Å². The molecule has 9 heteroatoms. The van der Waals surface area contributed by atoms with Crippen molar-refractivity contribution in [2.45, 2.75) is 0 Å². The molecule has 106 valence electrons. The van der Waals surface area contributed by atoms with Crippen LogP contribution < -0.4 is 15.4 Å². The average molecular weight is 285 g/mol. The molecule has 2 aromatic rings. The number of benzene rings is 1. The molecule has 0 aliphatic rings. The van der Waals surface area contributed by atoms with E-state index >= 15 is 0 Å². The second kappa shape index (κ2) is 6.73. The van der Waals surface area contributed by atoms with Gasteiger partial charge in [0.25, 0.3) is 0 Å². The van der Waals surface area contributed by atoms with Gasteiger partial charge in [-0.3, -0.25) is 10.3 Å². The van der Waals surface area contributed by atoms with E-state index in [4.69, 9.17) is 10.3 Å². The number of rotatable bonds is 4. The van der Waals surface area contributed by atoms with Gasteiger partial charge in [0, 0.05) is 4.91 Å². The number of carbonyl (C=O) groups excluding carboxylic acids is 1. The van der Waals surface area contributed by atoms with E-state index in [1.807, 2.05) is 0 Å². The quantitative estimate of drug-likeness (QED) is 0.508. The summed E-state index contributed by atoms with van der Waals surface area (Å²) in [6.45, 7) is 0. The number of urea groups is 1. The van der Waals surface area contributed by atoms with E-state index < -0.39 is 6.03 Å². The van der Waals surface area contributed by atoms with Crippen molar-refractivity contribution in [1.82, 2.24) is 9.97 Å². The van der Waals surface area contributed by atoms with Gasteiger partial charge in [-0.2, -0.15) is 0 Å². The summed E-state index contributed by atoms with van der Waals surface area (Å²) in [6.07, 6.45) is 2.61. The predicted molar refractivity (Wildman–Crippen MR) is 76.5 cm³/mol. The first-order valence-electron chi connectivity index (χ1n) is 5.81. The highest BCUT2D eigenvalue weighted by Gasteiger charge is 2.07. The van der Waals surface area contributed by atoms with Gasteiger partial charge in [-0.25, -0.2) is 9.78 Å². The molecule has 2 N–H and O–H groups in total. The van der Waals surface area contributed by atoms with Crippen molar-refractivity contribution in [2.24, 2.45) is 5.11 Å². The largest absolute Gasteiger partial charge is 0.495 e. The zero-order valence-corrected chi connectivity index (χ0v) is 11.0. The number of anilines is 2. The Bertz CT molecular complexity index is 698. The van der Waals surface area contributed by atoms with E-state index in [2.05, 4.69) is 30.6 Å². The molecule has 1 aromatic carbocycles. The van der Waals surface area contributed by atoms with Crippen molar-refractivity contribution in [2.75, 3.05) is 17.7 Å². The summed E-state index contributed by atoms with van der Waals surface area (Å²) >= 11 is 0. The summed E-state index contributed by atoms with van der Waals surface area (Å²) in [4.78, 5) is 22.2. The number of methoxy groups -OCH3 is 1. The van der Waals surface area contributed by atoms with E-state index in [-0.39, 0.29) is 11.6 Å². The van der Waals surface area contributed by atoms with Crippen LogP contribution in [0.5, 0.6) is 5.75 Å². The number of para-hydroxylation sites is 2. The first-order valence-corrected chi connectivity index (χ1v) is 5.81. The number of nitrogens with zero attached hydrogens (tertiary/aromatic N) is 5. The Kier molecular flexibility index (Phi) is 4.52. The third kappa shape index (κ3) is 3.82. The van der Waals surface area contributed by atoms with Crippen molar-refractivity contribution in [3.05, 3.63) is 47.1 Å². The highest BCUT2D eigenvalue weighted by molar-refractivity contribution is 6.00. The molecule has 0 bridgehead atoms. The maximum absolute atomic E-state index is 11.9. The minimum atomic E-state index is -0.521. The molecule has 0 atom stereocenters. The van der Waals surface area contributed by atoms with Gasteiger partial charge in [0.2, 0.25) is 0 Å². The van der Waals surface area contributed by atoms with Gasteiger partial charge < -0.3 is 10.1 Å². The number of hydrogen-bond acceptors (Lipinski definition) is 5. The molecular formula is C12H11N7O2. The van der Waals surface area contributed by atoms with Gasteiger partial charge in [0.15, 0.2) is 5.82 Å². The molecular weight excluding hydrogens is 274 g/mol. The molecule has 2 amide bonds. The van der Waals surface area contributed by atoms with E-state index in [1.165, 1.54) is 19.5 Å². The normalized spacial score (nSPS) is 9.38. The summed E-state index contributed by atoms with van der Waals surface area (Å²) in [5.74, 6) is 0.751. The third-order valence-corrected chi connectivity index (χ3v) is 2.37. The van der Waals surface area contributed by atoms with Crippen molar-refractivity contribution >= 4 is 23.4 Å². The molecule has 21 heavy (non-hydrogen) atoms. The minimum Gasteiger partial charge on any atom is -0.495 e. The zero-order chi connectivity index (χ0) is 15.1. The fourth-order valence-electron chi connectivity index (χ4n) is 1.53. The summed E-state index contributed by atoms with van der Waals surface area (Å²) in [6, 6.07) is 6.45. The lowest BCUT2D eigenvalue weighted by Crippen LogP contribution is -2.20. The number of azide groups is 1. The van der Waals surface area contributed by atoms with Crippen LogP contribution in [-0.4, -0.2) is 23.1 Å². The van der Waals surface area contributed by atoms with Crippen LogP contribution in [0.3, 0.4) is 0 Å². The maximum Gasteiger partial charge on any atom is 0.324 e. The number of aromatic nitrogens is 2. The molecule has 0 radical (unpaired) electrons. The van der Waals surface area contributed by atoms with Gasteiger partial charge in [0.1, 0.15) is 11.6 Å². The molecule has 0 aliphatic heterocycles. The Labute approximate surface area is 119 Å². The molecule has 0 saturated heterocycles. The second-order valence-electron chi connectivity index (χ2n) is 3.73. The highest BCUT2D eigenvalue weighted by atomic mass is 16.5. The average Bonchev–Trinajstić information content (AvgIpc) is 2.48. The smallest absolute Gasteiger partial charge is 0.324 e. The SMILES string of the molecule is COc1ccccc1NC(=O)Nc1cncc(N=[N+]=[N-])n1. The molecule has 2 rings (SSSR count). The number of hydrogen-bond donors (Lipinski definition) is 2. The molecule has 1 aromatic heterocycles. The Hall–Kier alpha value is -3.32. The summed E-state index contributed by atoms with van der Waals surface area (Å²) in [7, 11) is 1.51. The van der Waals surface area contributed by atoms with E-state index in [0.717, 1.165) is 0 Å². The van der Waals surface area contributed by atoms with Crippen molar-refractivity contribution in [1.29, 1.82) is 0 Å². The fraction of sp³-hybridized carbons (Fsp3) is 0.0833. The van der Waals surface area contributed by atoms with Gasteiger partial charge in [0.05, 0.1) is 25.2 Å². The van der Waals surface area contributed by atoms with Crippen molar-refractivity contribution in [3.8, 4) is 5.75 Å². The van der Waals surface area contributed by atoms with Crippen LogP contribution in [-0.2, 0) is 0 Å². The maximum atomic E-state index is 11.9. The lowest BCUT2D eigenvalue weighted by molar-refractivity contribution is 0.262. The van der Waals surface area contributed by atoms with Gasteiger partial charge in [-0.1, -0.05) is 12.1 Å². The van der Waals surface area contributed by atoms with E-state index in [1.54, 1.807) is 24.3 Å². The number of carbonyl (C=O) groups is 1. The first kappa shape index (κ1) is 14.1. The van der Waals surface area contributed by atoms with Gasteiger partial charge in [-0.05, 0) is 22.8 Å². The van der Waals surface area contributed by atoms with Crippen LogP contribution >= 0.6 is 0 Å². The lowest BCUT2D eigenvalue weighted by Gasteiger charge is -2.10. The van der Waals surface area contributed by atoms with Crippen LogP contribution in [0.1, 0.15) is 0 Å². The first-order chi connectivity index (χ1) is 10.2. The molecule has 0 spiro atoms. The Morgan fingerprint density at radius 3 is 2.90 bits per heavy atom. The number of nitrogens with one attached hydrogen (secondary N) is 2. The van der Waals surface area contributed by atoms with Crippen LogP contribution in [0.25, 0.3) is 10.4 Å². The van der Waals surface area contributed by atoms with Crippen molar-refractivity contribution in [3.63, 3.8) is 0 Å². The summed E-state index contributed by atoms with van der Waals surface area (Å²) < 4.78 is 5.12. The highest BCUT2D eigenvalue weighted by Crippen LogP contribution is 2.23. The minimum absolute atomic E-state index is 0.0626. The molecule has 0 unspecified atom stereocenters. The van der Waals surface area contributed by atoms with Gasteiger partial charge >= 0.3 is 6.03 Å². The monoisotopic (exact) mass is 285 g/mol. The predicted octanol–water partition coefficient (Wildman–Crippen LogP) is 3.07. The Morgan fingerprint density at radius 2 is 2.14 bits per heavy atom. The molecule has 1 heterocycles. The molecule has 9 nitrogen and oxygen atoms in total. The summed E-state index contributed by atoms with van der Waals surface area (Å²) in [5, 5.41) is 8.39. The van der Waals surface area contributed by atoms with Crippen molar-refractivity contribution < 1.29 is 9.53 Å². The van der Waals surface area contributed by atoms with Crippen LogP contribution in [0, 0.1) is 0 Å². The number of amides is 2. The van der Waals surface area contributed by atoms with Crippen LogP contribution in [0.4, 0.5) is 22.1 Å². The van der Waals surface area contributed by atoms with Crippen LogP contribution in [0.15, 0.2) is 41.8 Å². The standard InChI is InChI=1S/C12H11N7O2/c1-21-9-5-3-2-4-8(9)15-12(20)17-10-6-14-7-11(16-10)18-19-13/h2-7H,1H3,(H2,15,16,17,20). The third-order valence-electron chi connectivity index (χ3n) is 2.37. The number of ether oxygens (including phenoxy) is 1. The van der Waals surface area contributed by atoms with E-state index in [9.17, 15) is 4.79 Å². The zero-order valence-electron chi connectivity index (χ0n) is 11.0. The fourth-order valence-corrected chi connectivity index (χ4v) is 1.53. The molecule has 0 aliphatic carbocycles. The van der Waals surface area contributed by atoms with Crippen LogP contribution in [0.2, 0.25) is 0 Å². The topological polar surface area (TPSA) is 125 Å². The lowest BCUT2D eigenvalue weighted by atomic mass is 10.3.